The summed E-state index contributed by atoms with van der Waals surface area (Å²) < 4.78 is 0. The zero-order valence-corrected chi connectivity index (χ0v) is 13.4. The average Bonchev–Trinajstić information content (AvgIpc) is 2.54. The molecule has 1 aliphatic rings. The first-order valence-corrected chi connectivity index (χ1v) is 8.35. The van der Waals surface area contributed by atoms with Crippen molar-refractivity contribution in [3.63, 3.8) is 0 Å². The van der Waals surface area contributed by atoms with Gasteiger partial charge in [-0.25, -0.2) is 0 Å². The molecule has 1 aliphatic heterocycles. The van der Waals surface area contributed by atoms with Gasteiger partial charge in [-0.2, -0.15) is 0 Å². The fourth-order valence-corrected chi connectivity index (χ4v) is 2.88. The number of carbonyl (C=O) groups excluding carboxylic acids is 1. The minimum atomic E-state index is -0.0476. The second kappa shape index (κ2) is 8.18. The zero-order valence-electron chi connectivity index (χ0n) is 13.4. The van der Waals surface area contributed by atoms with E-state index in [1.807, 2.05) is 0 Å². The molecule has 3 heteroatoms. The first-order valence-electron chi connectivity index (χ1n) is 8.35. The van der Waals surface area contributed by atoms with E-state index in [0.29, 0.717) is 0 Å². The molecule has 1 amide bonds. The van der Waals surface area contributed by atoms with Gasteiger partial charge in [0.15, 0.2) is 0 Å². The van der Waals surface area contributed by atoms with Gasteiger partial charge >= 0.3 is 0 Å². The number of hydrogen-bond acceptors (Lipinski definition) is 2. The van der Waals surface area contributed by atoms with Gasteiger partial charge in [-0.05, 0) is 30.4 Å². The van der Waals surface area contributed by atoms with Crippen molar-refractivity contribution in [2.45, 2.75) is 58.5 Å². The van der Waals surface area contributed by atoms with Gasteiger partial charge in [-0.15, -0.1) is 0 Å². The molecule has 1 N–H and O–H groups in total. The number of benzene rings is 1. The van der Waals surface area contributed by atoms with Gasteiger partial charge in [0.2, 0.25) is 5.91 Å². The highest BCUT2D eigenvalue weighted by molar-refractivity contribution is 5.82. The van der Waals surface area contributed by atoms with E-state index in [1.54, 1.807) is 0 Å². The highest BCUT2D eigenvalue weighted by atomic mass is 16.2. The van der Waals surface area contributed by atoms with Crippen molar-refractivity contribution in [3.05, 3.63) is 35.4 Å². The lowest BCUT2D eigenvalue weighted by atomic mass is 9.95. The summed E-state index contributed by atoms with van der Waals surface area (Å²) in [4.78, 5) is 14.9. The average molecular weight is 288 g/mol. The minimum absolute atomic E-state index is 0.0476. The summed E-state index contributed by atoms with van der Waals surface area (Å²) in [5.41, 5.74) is 2.65. The Bertz CT molecular complexity index is 450. The highest BCUT2D eigenvalue weighted by Gasteiger charge is 2.27. The Kier molecular flexibility index (Phi) is 6.24. The van der Waals surface area contributed by atoms with Crippen molar-refractivity contribution >= 4 is 5.91 Å². The van der Waals surface area contributed by atoms with E-state index in [1.165, 1.54) is 11.1 Å². The standard InChI is InChI=1S/C18H28N2O/c1-3-5-11-20(12-6-4-2)18(21)17-13-15-9-7-8-10-16(15)14-19-17/h7-10,17,19H,3-6,11-14H2,1-2H3/t17-/m0/s1. The minimum Gasteiger partial charge on any atom is -0.341 e. The molecule has 2 rings (SSSR count). The predicted molar refractivity (Wildman–Crippen MR) is 87.2 cm³/mol. The third-order valence-electron chi connectivity index (χ3n) is 4.25. The van der Waals surface area contributed by atoms with Crippen LogP contribution >= 0.6 is 0 Å². The number of nitrogens with zero attached hydrogens (tertiary/aromatic N) is 1. The summed E-state index contributed by atoms with van der Waals surface area (Å²) in [6, 6.07) is 8.39. The molecule has 1 heterocycles. The van der Waals surface area contributed by atoms with Gasteiger partial charge in [-0.1, -0.05) is 51.0 Å². The zero-order chi connectivity index (χ0) is 15.1. The number of unbranched alkanes of at least 4 members (excludes halogenated alkanes) is 2. The molecule has 0 spiro atoms. The van der Waals surface area contributed by atoms with E-state index < -0.39 is 0 Å². The van der Waals surface area contributed by atoms with Gasteiger partial charge in [0.1, 0.15) is 0 Å². The fraction of sp³-hybridized carbons (Fsp3) is 0.611. The van der Waals surface area contributed by atoms with Crippen molar-refractivity contribution < 1.29 is 4.79 Å². The molecule has 21 heavy (non-hydrogen) atoms. The van der Waals surface area contributed by atoms with Crippen LogP contribution in [0.1, 0.15) is 50.7 Å². The van der Waals surface area contributed by atoms with Gasteiger partial charge in [0, 0.05) is 19.6 Å². The summed E-state index contributed by atoms with van der Waals surface area (Å²) in [5.74, 6) is 0.284. The number of fused-ring (bicyclic) bond motifs is 1. The summed E-state index contributed by atoms with van der Waals surface area (Å²) in [6.45, 7) is 6.96. The molecule has 0 aliphatic carbocycles. The molecule has 0 saturated heterocycles. The van der Waals surface area contributed by atoms with Crippen molar-refractivity contribution in [1.82, 2.24) is 10.2 Å². The molecular formula is C18H28N2O. The lowest BCUT2D eigenvalue weighted by Gasteiger charge is -2.31. The van der Waals surface area contributed by atoms with Crippen LogP contribution in [-0.2, 0) is 17.8 Å². The van der Waals surface area contributed by atoms with Crippen molar-refractivity contribution in [1.29, 1.82) is 0 Å². The maximum absolute atomic E-state index is 12.8. The van der Waals surface area contributed by atoms with Crippen LogP contribution in [-0.4, -0.2) is 29.9 Å². The normalized spacial score (nSPS) is 17.3. The van der Waals surface area contributed by atoms with Crippen LogP contribution < -0.4 is 5.32 Å². The number of hydrogen-bond donors (Lipinski definition) is 1. The number of amides is 1. The first-order chi connectivity index (χ1) is 10.3. The van der Waals surface area contributed by atoms with Gasteiger partial charge in [-0.3, -0.25) is 4.79 Å². The Labute approximate surface area is 128 Å². The second-order valence-electron chi connectivity index (χ2n) is 5.94. The Morgan fingerprint density at radius 3 is 2.38 bits per heavy atom. The van der Waals surface area contributed by atoms with Crippen molar-refractivity contribution in [3.8, 4) is 0 Å². The Morgan fingerprint density at radius 1 is 1.14 bits per heavy atom. The molecule has 1 aromatic carbocycles. The third-order valence-corrected chi connectivity index (χ3v) is 4.25. The molecule has 0 radical (unpaired) electrons. The summed E-state index contributed by atoms with van der Waals surface area (Å²) in [7, 11) is 0. The van der Waals surface area contributed by atoms with Crippen LogP contribution in [0.5, 0.6) is 0 Å². The topological polar surface area (TPSA) is 32.3 Å². The largest absolute Gasteiger partial charge is 0.341 e. The molecule has 1 aromatic rings. The molecule has 3 nitrogen and oxygen atoms in total. The van der Waals surface area contributed by atoms with E-state index >= 15 is 0 Å². The molecule has 0 saturated carbocycles. The monoisotopic (exact) mass is 288 g/mol. The van der Waals surface area contributed by atoms with E-state index in [9.17, 15) is 4.79 Å². The quantitative estimate of drug-likeness (QED) is 0.836. The Hall–Kier alpha value is -1.35. The number of rotatable bonds is 7. The molecule has 0 fully saturated rings. The van der Waals surface area contributed by atoms with Gasteiger partial charge in [0.05, 0.1) is 6.04 Å². The SMILES string of the molecule is CCCCN(CCCC)C(=O)[C@@H]1Cc2ccccc2CN1. The molecule has 0 unspecified atom stereocenters. The maximum atomic E-state index is 12.8. The van der Waals surface area contributed by atoms with Crippen LogP contribution in [0.15, 0.2) is 24.3 Å². The Morgan fingerprint density at radius 2 is 1.76 bits per heavy atom. The second-order valence-corrected chi connectivity index (χ2v) is 5.94. The number of nitrogens with one attached hydrogen (secondary N) is 1. The van der Waals surface area contributed by atoms with Crippen LogP contribution in [0.25, 0.3) is 0 Å². The molecule has 1 atom stereocenters. The summed E-state index contributed by atoms with van der Waals surface area (Å²) >= 11 is 0. The highest BCUT2D eigenvalue weighted by Crippen LogP contribution is 2.17. The lowest BCUT2D eigenvalue weighted by molar-refractivity contribution is -0.133. The van der Waals surface area contributed by atoms with Crippen molar-refractivity contribution in [2.24, 2.45) is 0 Å². The smallest absolute Gasteiger partial charge is 0.240 e. The van der Waals surface area contributed by atoms with Crippen molar-refractivity contribution in [2.75, 3.05) is 13.1 Å². The molecular weight excluding hydrogens is 260 g/mol. The van der Waals surface area contributed by atoms with Crippen LogP contribution in [0.2, 0.25) is 0 Å². The van der Waals surface area contributed by atoms with E-state index in [0.717, 1.165) is 51.7 Å². The molecule has 0 bridgehead atoms. The molecule has 116 valence electrons. The van der Waals surface area contributed by atoms with E-state index in [4.69, 9.17) is 0 Å². The third kappa shape index (κ3) is 4.31. The van der Waals surface area contributed by atoms with Crippen LogP contribution in [0, 0.1) is 0 Å². The number of carbonyl (C=O) groups is 1. The van der Waals surface area contributed by atoms with Gasteiger partial charge < -0.3 is 10.2 Å². The summed E-state index contributed by atoms with van der Waals surface area (Å²) in [5, 5.41) is 3.42. The van der Waals surface area contributed by atoms with E-state index in [2.05, 4.69) is 48.3 Å². The lowest BCUT2D eigenvalue weighted by Crippen LogP contribution is -2.50. The molecule has 0 aromatic heterocycles. The summed E-state index contributed by atoms with van der Waals surface area (Å²) in [6.07, 6.45) is 5.29. The van der Waals surface area contributed by atoms with Gasteiger partial charge in [0.25, 0.3) is 0 Å². The fourth-order valence-electron chi connectivity index (χ4n) is 2.88. The Balaban J connectivity index is 2.00. The predicted octanol–water partition coefficient (Wildman–Crippen LogP) is 3.13. The first kappa shape index (κ1) is 16.0. The maximum Gasteiger partial charge on any atom is 0.240 e. The van der Waals surface area contributed by atoms with Crippen LogP contribution in [0.3, 0.4) is 0 Å². The van der Waals surface area contributed by atoms with Crippen LogP contribution in [0.4, 0.5) is 0 Å². The van der Waals surface area contributed by atoms with E-state index in [-0.39, 0.29) is 11.9 Å².